The Morgan fingerprint density at radius 1 is 0.833 bits per heavy atom. The molecule has 0 unspecified atom stereocenters. The third-order valence-electron chi connectivity index (χ3n) is 2.15. The molecule has 0 amide bonds. The summed E-state index contributed by atoms with van der Waals surface area (Å²) in [5, 5.41) is 3.09. The SMILES string of the molecule is C1CCCC[NH+]=NSCCCC1. The van der Waals surface area contributed by atoms with Crippen molar-refractivity contribution in [1.82, 2.24) is 0 Å². The largest absolute Gasteiger partial charge is 0.166 e. The van der Waals surface area contributed by atoms with Gasteiger partial charge in [-0.1, -0.05) is 25.7 Å². The van der Waals surface area contributed by atoms with E-state index in [-0.39, 0.29) is 0 Å². The first-order chi connectivity index (χ1) is 6.00. The van der Waals surface area contributed by atoms with E-state index in [1.807, 2.05) is 0 Å². The van der Waals surface area contributed by atoms with Crippen LogP contribution in [0.4, 0.5) is 0 Å². The lowest BCUT2D eigenvalue weighted by molar-refractivity contribution is -0.522. The first-order valence-electron chi connectivity index (χ1n) is 5.05. The molecule has 0 aromatic carbocycles. The standard InChI is InChI=1S/C9H18N2S/c1-2-4-6-8-10-11-12-9-7-5-3-1/h1-9H2/p+1. The highest BCUT2D eigenvalue weighted by atomic mass is 32.2. The number of hydrogen-bond acceptors (Lipinski definition) is 2. The van der Waals surface area contributed by atoms with Crippen molar-refractivity contribution in [3.63, 3.8) is 0 Å². The average molecular weight is 187 g/mol. The Kier molecular flexibility index (Phi) is 6.35. The smallest absolute Gasteiger partial charge is 0.130 e. The van der Waals surface area contributed by atoms with Gasteiger partial charge in [-0.05, 0) is 12.8 Å². The van der Waals surface area contributed by atoms with Gasteiger partial charge in [0.25, 0.3) is 0 Å². The normalized spacial score (nSPS) is 22.7. The highest BCUT2D eigenvalue weighted by Crippen LogP contribution is 2.10. The van der Waals surface area contributed by atoms with E-state index in [4.69, 9.17) is 0 Å². The van der Waals surface area contributed by atoms with Gasteiger partial charge in [-0.3, -0.25) is 0 Å². The van der Waals surface area contributed by atoms with Crippen molar-refractivity contribution in [3.8, 4) is 0 Å². The molecule has 1 rings (SSSR count). The van der Waals surface area contributed by atoms with Crippen LogP contribution in [0.25, 0.3) is 0 Å². The molecule has 70 valence electrons. The van der Waals surface area contributed by atoms with E-state index in [2.05, 4.69) is 9.63 Å². The Labute approximate surface area is 79.4 Å². The van der Waals surface area contributed by atoms with Crippen LogP contribution in [0.15, 0.2) is 4.52 Å². The van der Waals surface area contributed by atoms with Crippen molar-refractivity contribution in [1.29, 1.82) is 0 Å². The average Bonchev–Trinajstić information content (AvgIpc) is 2.05. The van der Waals surface area contributed by atoms with Crippen molar-refractivity contribution < 1.29 is 5.11 Å². The van der Waals surface area contributed by atoms with Gasteiger partial charge >= 0.3 is 0 Å². The Balaban J connectivity index is 2.10. The van der Waals surface area contributed by atoms with Gasteiger partial charge < -0.3 is 0 Å². The highest BCUT2D eigenvalue weighted by Gasteiger charge is 1.96. The van der Waals surface area contributed by atoms with Gasteiger partial charge in [0, 0.05) is 28.6 Å². The summed E-state index contributed by atoms with van der Waals surface area (Å²) in [5.41, 5.74) is 0. The maximum atomic E-state index is 4.17. The molecular formula is C9H19N2S+. The fourth-order valence-electron chi connectivity index (χ4n) is 1.39. The lowest BCUT2D eigenvalue weighted by Gasteiger charge is -1.99. The summed E-state index contributed by atoms with van der Waals surface area (Å²) in [4.78, 5) is 0. The van der Waals surface area contributed by atoms with Crippen LogP contribution in [-0.4, -0.2) is 12.3 Å². The second-order valence-corrected chi connectivity index (χ2v) is 4.16. The minimum Gasteiger partial charge on any atom is -0.130 e. The molecule has 0 saturated carbocycles. The predicted octanol–water partition coefficient (Wildman–Crippen LogP) is 1.91. The minimum atomic E-state index is 1.06. The fraction of sp³-hybridized carbons (Fsp3) is 1.00. The van der Waals surface area contributed by atoms with Gasteiger partial charge in [-0.15, -0.1) is 5.11 Å². The molecule has 1 aliphatic rings. The first kappa shape index (κ1) is 10.0. The topological polar surface area (TPSA) is 26.3 Å². The highest BCUT2D eigenvalue weighted by molar-refractivity contribution is 7.97. The van der Waals surface area contributed by atoms with Gasteiger partial charge in [0.2, 0.25) is 0 Å². The summed E-state index contributed by atoms with van der Waals surface area (Å²) >= 11 is 1.68. The summed E-state index contributed by atoms with van der Waals surface area (Å²) in [6, 6.07) is 0. The van der Waals surface area contributed by atoms with E-state index in [0.29, 0.717) is 0 Å². The molecule has 3 heteroatoms. The molecule has 0 aliphatic carbocycles. The zero-order valence-electron chi connectivity index (χ0n) is 7.72. The number of nitrogens with one attached hydrogen (secondary N) is 1. The van der Waals surface area contributed by atoms with Crippen LogP contribution in [0.5, 0.6) is 0 Å². The molecule has 0 atom stereocenters. The van der Waals surface area contributed by atoms with E-state index in [0.717, 1.165) is 6.54 Å². The molecule has 0 fully saturated rings. The maximum Gasteiger partial charge on any atom is 0.166 e. The number of rotatable bonds is 0. The molecule has 0 radical (unpaired) electrons. The molecule has 1 heterocycles. The van der Waals surface area contributed by atoms with Gasteiger partial charge in [0.1, 0.15) is 0 Å². The van der Waals surface area contributed by atoms with Crippen molar-refractivity contribution in [2.75, 3.05) is 12.3 Å². The number of hydrogen-bond donors (Lipinski definition) is 1. The molecule has 0 spiro atoms. The third-order valence-corrected chi connectivity index (χ3v) is 2.88. The number of nitrogens with zero attached hydrogens (tertiary/aromatic N) is 1. The Hall–Kier alpha value is -0.0500. The molecule has 2 nitrogen and oxygen atoms in total. The summed E-state index contributed by atoms with van der Waals surface area (Å²) in [6.07, 6.45) is 9.64. The second kappa shape index (κ2) is 7.59. The first-order valence-corrected chi connectivity index (χ1v) is 5.99. The van der Waals surface area contributed by atoms with Crippen molar-refractivity contribution in [3.05, 3.63) is 0 Å². The van der Waals surface area contributed by atoms with E-state index >= 15 is 0 Å². The van der Waals surface area contributed by atoms with Crippen LogP contribution in [-0.2, 0) is 0 Å². The van der Waals surface area contributed by atoms with Crippen molar-refractivity contribution >= 4 is 11.9 Å². The van der Waals surface area contributed by atoms with Gasteiger partial charge in [-0.25, -0.2) is 0 Å². The Morgan fingerprint density at radius 3 is 2.33 bits per heavy atom. The summed E-state index contributed by atoms with van der Waals surface area (Å²) in [5.74, 6) is 1.19. The minimum absolute atomic E-state index is 1.06. The maximum absolute atomic E-state index is 4.17. The molecular weight excluding hydrogens is 168 g/mol. The summed E-state index contributed by atoms with van der Waals surface area (Å²) in [6.45, 7) is 1.06. The van der Waals surface area contributed by atoms with Crippen molar-refractivity contribution in [2.24, 2.45) is 4.52 Å². The predicted molar refractivity (Wildman–Crippen MR) is 53.0 cm³/mol. The zero-order chi connectivity index (χ0) is 8.49. The van der Waals surface area contributed by atoms with Crippen LogP contribution in [0.3, 0.4) is 0 Å². The quantitative estimate of drug-likeness (QED) is 0.576. The van der Waals surface area contributed by atoms with Gasteiger partial charge in [0.15, 0.2) is 6.54 Å². The molecule has 1 aliphatic heterocycles. The van der Waals surface area contributed by atoms with Gasteiger partial charge in [-0.2, -0.15) is 0 Å². The van der Waals surface area contributed by atoms with E-state index in [9.17, 15) is 0 Å². The second-order valence-electron chi connectivity index (χ2n) is 3.31. The van der Waals surface area contributed by atoms with Crippen molar-refractivity contribution in [2.45, 2.75) is 44.9 Å². The van der Waals surface area contributed by atoms with Gasteiger partial charge in [0.05, 0.1) is 0 Å². The van der Waals surface area contributed by atoms with Crippen LogP contribution >= 0.6 is 11.9 Å². The monoisotopic (exact) mass is 187 g/mol. The molecule has 0 aromatic heterocycles. The molecule has 0 bridgehead atoms. The summed E-state index contributed by atoms with van der Waals surface area (Å²) < 4.78 is 4.17. The molecule has 12 heavy (non-hydrogen) atoms. The van der Waals surface area contributed by atoms with E-state index in [1.54, 1.807) is 11.9 Å². The molecule has 1 N–H and O–H groups in total. The lowest BCUT2D eigenvalue weighted by atomic mass is 10.1. The zero-order valence-corrected chi connectivity index (χ0v) is 8.54. The fourth-order valence-corrected chi connectivity index (χ4v) is 2.00. The van der Waals surface area contributed by atoms with Crippen LogP contribution < -0.4 is 5.11 Å². The third kappa shape index (κ3) is 5.58. The van der Waals surface area contributed by atoms with Crippen LogP contribution in [0, 0.1) is 0 Å². The summed E-state index contributed by atoms with van der Waals surface area (Å²) in [7, 11) is 0. The molecule has 0 aromatic rings. The van der Waals surface area contributed by atoms with Crippen LogP contribution in [0.2, 0.25) is 0 Å². The van der Waals surface area contributed by atoms with E-state index in [1.165, 1.54) is 50.7 Å². The lowest BCUT2D eigenvalue weighted by Crippen LogP contribution is -2.65. The Bertz CT molecular complexity index is 112. The van der Waals surface area contributed by atoms with E-state index < -0.39 is 0 Å². The Morgan fingerprint density at radius 2 is 1.50 bits per heavy atom. The van der Waals surface area contributed by atoms with Crippen LogP contribution in [0.1, 0.15) is 44.9 Å². The molecule has 0 saturated heterocycles.